The molecule has 3 aromatic rings. The molecule has 0 saturated carbocycles. The summed E-state index contributed by atoms with van der Waals surface area (Å²) < 4.78 is 10.7. The van der Waals surface area contributed by atoms with Gasteiger partial charge in [-0.25, -0.2) is 0 Å². The number of aryl methyl sites for hydroxylation is 2. The number of amides is 2. The fraction of sp³-hybridized carbons (Fsp3) is 0.522. The molecule has 0 aliphatic carbocycles. The molecule has 10 nitrogen and oxygen atoms in total. The summed E-state index contributed by atoms with van der Waals surface area (Å²) in [7, 11) is 0. The van der Waals surface area contributed by atoms with Crippen molar-refractivity contribution in [2.75, 3.05) is 26.3 Å². The second kappa shape index (κ2) is 18.4. The Kier molecular flexibility index (Phi) is 15.0. The van der Waals surface area contributed by atoms with Crippen molar-refractivity contribution in [1.29, 1.82) is 0 Å². The number of nitrogens with one attached hydrogen (secondary N) is 2. The summed E-state index contributed by atoms with van der Waals surface area (Å²) in [6.07, 6.45) is 1.25. The van der Waals surface area contributed by atoms with Crippen LogP contribution in [0.4, 0.5) is 0 Å². The summed E-state index contributed by atoms with van der Waals surface area (Å²) in [6, 6.07) is 14.0. The molecule has 0 spiro atoms. The van der Waals surface area contributed by atoms with Crippen LogP contribution in [0.25, 0.3) is 0 Å². The smallest absolute Gasteiger partial charge is 0.306 e. The van der Waals surface area contributed by atoms with E-state index in [2.05, 4.69) is 10.6 Å². The first-order valence-corrected chi connectivity index (χ1v) is 19.5. The third kappa shape index (κ3) is 13.1. The normalized spacial score (nSPS) is 12.2. The van der Waals surface area contributed by atoms with Gasteiger partial charge >= 0.3 is 11.9 Å². The van der Waals surface area contributed by atoms with E-state index < -0.39 is 0 Å². The molecule has 0 unspecified atom stereocenters. The molecule has 306 valence electrons. The average molecular weight is 773 g/mol. The lowest BCUT2D eigenvalue weighted by atomic mass is 9.78. The van der Waals surface area contributed by atoms with Gasteiger partial charge in [-0.1, -0.05) is 107 Å². The fourth-order valence-electron chi connectivity index (χ4n) is 6.24. The van der Waals surface area contributed by atoms with Crippen LogP contribution in [0.3, 0.4) is 0 Å². The van der Waals surface area contributed by atoms with Gasteiger partial charge in [-0.3, -0.25) is 19.2 Å². The van der Waals surface area contributed by atoms with Crippen LogP contribution >= 0.6 is 0 Å². The zero-order valence-corrected chi connectivity index (χ0v) is 35.6. The third-order valence-electron chi connectivity index (χ3n) is 9.52. The highest BCUT2D eigenvalue weighted by atomic mass is 16.5. The topological polar surface area (TPSA) is 151 Å². The van der Waals surface area contributed by atoms with Crippen molar-refractivity contribution in [3.8, 4) is 11.5 Å². The quantitative estimate of drug-likeness (QED) is 0.0949. The van der Waals surface area contributed by atoms with E-state index in [1.807, 2.05) is 107 Å². The number of phenols is 2. The summed E-state index contributed by atoms with van der Waals surface area (Å²) in [5, 5.41) is 27.3. The fourth-order valence-corrected chi connectivity index (χ4v) is 6.24. The zero-order valence-electron chi connectivity index (χ0n) is 35.6. The number of esters is 2. The molecule has 3 aromatic carbocycles. The molecule has 56 heavy (non-hydrogen) atoms. The first-order valence-electron chi connectivity index (χ1n) is 19.5. The first-order chi connectivity index (χ1) is 25.8. The first kappa shape index (κ1) is 45.5. The molecule has 0 aliphatic heterocycles. The highest BCUT2D eigenvalue weighted by molar-refractivity contribution is 5.97. The minimum absolute atomic E-state index is 0.0127. The number of carbonyl (C=O) groups excluding carboxylic acids is 4. The summed E-state index contributed by atoms with van der Waals surface area (Å²) in [6.45, 7) is 24.8. The van der Waals surface area contributed by atoms with Gasteiger partial charge in [0, 0.05) is 24.0 Å². The van der Waals surface area contributed by atoms with E-state index in [1.165, 1.54) is 24.3 Å². The number of hydrogen-bond acceptors (Lipinski definition) is 8. The van der Waals surface area contributed by atoms with E-state index in [1.54, 1.807) is 0 Å². The van der Waals surface area contributed by atoms with Crippen LogP contribution in [0.5, 0.6) is 11.5 Å². The Morgan fingerprint density at radius 1 is 0.500 bits per heavy atom. The maximum atomic E-state index is 12.7. The second-order valence-electron chi connectivity index (χ2n) is 18.6. The molecule has 0 aromatic heterocycles. The van der Waals surface area contributed by atoms with Gasteiger partial charge in [0.15, 0.2) is 0 Å². The minimum atomic E-state index is -0.384. The maximum Gasteiger partial charge on any atom is 0.306 e. The van der Waals surface area contributed by atoms with Gasteiger partial charge < -0.3 is 30.3 Å². The van der Waals surface area contributed by atoms with Crippen molar-refractivity contribution < 1.29 is 38.9 Å². The van der Waals surface area contributed by atoms with Crippen LogP contribution in [0.1, 0.15) is 150 Å². The van der Waals surface area contributed by atoms with Gasteiger partial charge in [0.05, 0.1) is 13.1 Å². The van der Waals surface area contributed by atoms with E-state index in [-0.39, 0.29) is 84.6 Å². The van der Waals surface area contributed by atoms with Crippen molar-refractivity contribution in [1.82, 2.24) is 10.6 Å². The van der Waals surface area contributed by atoms with Crippen LogP contribution in [-0.4, -0.2) is 60.3 Å². The van der Waals surface area contributed by atoms with Gasteiger partial charge in [0.1, 0.15) is 24.7 Å². The highest BCUT2D eigenvalue weighted by Crippen LogP contribution is 2.41. The second-order valence-corrected chi connectivity index (χ2v) is 18.6. The Bertz CT molecular complexity index is 1660. The summed E-state index contributed by atoms with van der Waals surface area (Å²) in [4.78, 5) is 50.3. The molecule has 0 atom stereocenters. The Hall–Kier alpha value is -4.86. The number of benzene rings is 3. The molecule has 0 aliphatic rings. The Labute approximate surface area is 333 Å². The summed E-state index contributed by atoms with van der Waals surface area (Å²) in [5.41, 5.74) is 4.88. The van der Waals surface area contributed by atoms with Gasteiger partial charge in [-0.2, -0.15) is 0 Å². The Balaban J connectivity index is 1.39. The average Bonchev–Trinajstić information content (AvgIpc) is 3.08. The van der Waals surface area contributed by atoms with Crippen LogP contribution < -0.4 is 10.6 Å². The number of phenolic OH excluding ortho intramolecular Hbond substituents is 2. The maximum absolute atomic E-state index is 12.7. The molecule has 0 saturated heterocycles. The van der Waals surface area contributed by atoms with Crippen LogP contribution in [0, 0.1) is 0 Å². The molecule has 0 heterocycles. The molecule has 0 bridgehead atoms. The van der Waals surface area contributed by atoms with Crippen molar-refractivity contribution in [2.45, 2.75) is 130 Å². The lowest BCUT2D eigenvalue weighted by Gasteiger charge is -2.28. The van der Waals surface area contributed by atoms with Crippen molar-refractivity contribution >= 4 is 23.8 Å². The molecule has 0 radical (unpaired) electrons. The van der Waals surface area contributed by atoms with E-state index in [0.717, 1.165) is 33.4 Å². The predicted molar refractivity (Wildman–Crippen MR) is 221 cm³/mol. The molecule has 10 heteroatoms. The van der Waals surface area contributed by atoms with Crippen molar-refractivity contribution in [3.05, 3.63) is 93.0 Å². The number of aromatic hydroxyl groups is 2. The van der Waals surface area contributed by atoms with E-state index >= 15 is 0 Å². The molecule has 4 N–H and O–H groups in total. The molecule has 2 amide bonds. The number of hydrogen-bond donors (Lipinski definition) is 4. The largest absolute Gasteiger partial charge is 0.507 e. The summed E-state index contributed by atoms with van der Waals surface area (Å²) in [5.74, 6) is -0.917. The highest BCUT2D eigenvalue weighted by Gasteiger charge is 2.28. The van der Waals surface area contributed by atoms with Crippen molar-refractivity contribution in [2.24, 2.45) is 0 Å². The minimum Gasteiger partial charge on any atom is -0.507 e. The SMILES string of the molecule is CC(C)(C)c1cc(CCC(=O)OCCNC(=O)c2ccc(C(=O)NCCOC(=O)CCc3cc(C(C)(C)C)c(O)c(C(C)(C)C)c3)cc2)cc(C(C)(C)C)c1O. The number of carbonyl (C=O) groups is 4. The van der Waals surface area contributed by atoms with Crippen LogP contribution in [0.2, 0.25) is 0 Å². The molecule has 0 fully saturated rings. The Morgan fingerprint density at radius 3 is 1.02 bits per heavy atom. The third-order valence-corrected chi connectivity index (χ3v) is 9.52. The van der Waals surface area contributed by atoms with Gasteiger partial charge in [0.25, 0.3) is 11.8 Å². The van der Waals surface area contributed by atoms with Gasteiger partial charge in [-0.15, -0.1) is 0 Å². The molecule has 3 rings (SSSR count). The Morgan fingerprint density at radius 2 is 0.768 bits per heavy atom. The zero-order chi connectivity index (χ0) is 42.2. The van der Waals surface area contributed by atoms with E-state index in [4.69, 9.17) is 9.47 Å². The predicted octanol–water partition coefficient (Wildman–Crippen LogP) is 8.10. The molecular weight excluding hydrogens is 709 g/mol. The van der Waals surface area contributed by atoms with Crippen LogP contribution in [-0.2, 0) is 53.6 Å². The van der Waals surface area contributed by atoms with Crippen molar-refractivity contribution in [3.63, 3.8) is 0 Å². The van der Waals surface area contributed by atoms with Gasteiger partial charge in [0.2, 0.25) is 0 Å². The number of rotatable bonds is 14. The lowest BCUT2D eigenvalue weighted by Crippen LogP contribution is -2.29. The monoisotopic (exact) mass is 772 g/mol. The van der Waals surface area contributed by atoms with E-state index in [0.29, 0.717) is 35.5 Å². The summed E-state index contributed by atoms with van der Waals surface area (Å²) >= 11 is 0. The lowest BCUT2D eigenvalue weighted by molar-refractivity contribution is -0.144. The molecular formula is C46H64N2O8. The van der Waals surface area contributed by atoms with Crippen LogP contribution in [0.15, 0.2) is 48.5 Å². The number of ether oxygens (including phenoxy) is 2. The standard InChI is InChI=1S/C46H64N2O8/c1-43(2,3)33-25-29(26-34(39(33)51)44(4,5)6)13-19-37(49)55-23-21-47-41(53)31-15-17-32(18-16-31)42(54)48-22-24-56-38(50)20-14-30-27-35(45(7,8)9)40(52)36(28-30)46(10,11)12/h15-18,25-28,51-52H,13-14,19-24H2,1-12H3,(H,47,53)(H,48,54). The van der Waals surface area contributed by atoms with Gasteiger partial charge in [-0.05, 0) is 92.1 Å². The van der Waals surface area contributed by atoms with E-state index in [9.17, 15) is 29.4 Å².